The maximum atomic E-state index is 12.2. The van der Waals surface area contributed by atoms with Crippen LogP contribution in [0.2, 0.25) is 0 Å². The fourth-order valence-corrected chi connectivity index (χ4v) is 2.15. The van der Waals surface area contributed by atoms with E-state index in [4.69, 9.17) is 4.74 Å². The first-order valence-corrected chi connectivity index (χ1v) is 8.33. The number of hydrogen-bond donors (Lipinski definition) is 1. The lowest BCUT2D eigenvalue weighted by molar-refractivity contribution is 0.0527. The molecule has 4 heteroatoms. The van der Waals surface area contributed by atoms with Gasteiger partial charge in [0.15, 0.2) is 5.78 Å². The summed E-state index contributed by atoms with van der Waals surface area (Å²) in [7, 11) is 0. The molecule has 1 N–H and O–H groups in total. The quantitative estimate of drug-likeness (QED) is 0.599. The topological polar surface area (TPSA) is 55.4 Å². The second-order valence-corrected chi connectivity index (χ2v) is 6.91. The van der Waals surface area contributed by atoms with Crippen molar-refractivity contribution in [2.45, 2.75) is 59.5 Å². The highest BCUT2D eigenvalue weighted by Crippen LogP contribution is 2.14. The van der Waals surface area contributed by atoms with Gasteiger partial charge in [-0.3, -0.25) is 4.79 Å². The molecule has 0 bridgehead atoms. The Hall–Kier alpha value is -1.84. The van der Waals surface area contributed by atoms with Crippen LogP contribution < -0.4 is 5.32 Å². The van der Waals surface area contributed by atoms with Crippen LogP contribution in [0.5, 0.6) is 0 Å². The van der Waals surface area contributed by atoms with Gasteiger partial charge in [-0.05, 0) is 51.7 Å². The lowest BCUT2D eigenvalue weighted by Gasteiger charge is -2.19. The Labute approximate surface area is 139 Å². The molecular formula is C19H29NO3. The van der Waals surface area contributed by atoms with Gasteiger partial charge in [0.25, 0.3) is 0 Å². The number of ether oxygens (including phenoxy) is 1. The molecule has 0 aliphatic rings. The number of ketones is 1. The number of amides is 1. The predicted octanol–water partition coefficient (Wildman–Crippen LogP) is 4.37. The molecule has 0 saturated heterocycles. The molecule has 0 fully saturated rings. The first-order valence-electron chi connectivity index (χ1n) is 8.33. The molecule has 1 amide bonds. The van der Waals surface area contributed by atoms with Gasteiger partial charge < -0.3 is 10.1 Å². The van der Waals surface area contributed by atoms with Crippen molar-refractivity contribution in [1.29, 1.82) is 0 Å². The van der Waals surface area contributed by atoms with Gasteiger partial charge in [-0.15, -0.1) is 0 Å². The highest BCUT2D eigenvalue weighted by atomic mass is 16.6. The third kappa shape index (κ3) is 7.31. The molecule has 128 valence electrons. The van der Waals surface area contributed by atoms with E-state index in [0.717, 1.165) is 30.4 Å². The molecule has 1 aromatic carbocycles. The van der Waals surface area contributed by atoms with Crippen LogP contribution in [-0.4, -0.2) is 24.0 Å². The summed E-state index contributed by atoms with van der Waals surface area (Å²) < 4.78 is 5.18. The molecule has 1 atom stereocenters. The molecule has 0 spiro atoms. The maximum absolute atomic E-state index is 12.2. The second kappa shape index (κ2) is 8.70. The molecule has 0 heterocycles. The fourth-order valence-electron chi connectivity index (χ4n) is 2.15. The lowest BCUT2D eigenvalue weighted by atomic mass is 9.95. The van der Waals surface area contributed by atoms with E-state index in [9.17, 15) is 9.59 Å². The molecule has 0 aliphatic carbocycles. The Morgan fingerprint density at radius 1 is 1.26 bits per heavy atom. The molecule has 23 heavy (non-hydrogen) atoms. The van der Waals surface area contributed by atoms with Crippen LogP contribution in [0, 0.1) is 5.92 Å². The third-order valence-corrected chi connectivity index (χ3v) is 3.58. The van der Waals surface area contributed by atoms with Gasteiger partial charge in [0.1, 0.15) is 5.60 Å². The van der Waals surface area contributed by atoms with Gasteiger partial charge in [0.05, 0.1) is 0 Å². The zero-order chi connectivity index (χ0) is 17.5. The van der Waals surface area contributed by atoms with Crippen LogP contribution in [0.25, 0.3) is 0 Å². The predicted molar refractivity (Wildman–Crippen MR) is 92.8 cm³/mol. The summed E-state index contributed by atoms with van der Waals surface area (Å²) in [6.07, 6.45) is 2.08. The number of carbonyl (C=O) groups is 2. The van der Waals surface area contributed by atoms with Crippen LogP contribution in [0.15, 0.2) is 24.3 Å². The number of aryl methyl sites for hydroxylation is 1. The molecule has 1 rings (SSSR count). The zero-order valence-corrected chi connectivity index (χ0v) is 14.9. The van der Waals surface area contributed by atoms with E-state index in [1.165, 1.54) is 0 Å². The molecule has 0 aromatic heterocycles. The largest absolute Gasteiger partial charge is 0.444 e. The van der Waals surface area contributed by atoms with Crippen molar-refractivity contribution in [3.63, 3.8) is 0 Å². The summed E-state index contributed by atoms with van der Waals surface area (Å²) in [6.45, 7) is 10.1. The van der Waals surface area contributed by atoms with Crippen molar-refractivity contribution >= 4 is 11.9 Å². The van der Waals surface area contributed by atoms with Crippen molar-refractivity contribution in [1.82, 2.24) is 5.32 Å². The van der Waals surface area contributed by atoms with Gasteiger partial charge in [0.2, 0.25) is 0 Å². The van der Waals surface area contributed by atoms with E-state index in [1.54, 1.807) is 0 Å². The van der Waals surface area contributed by atoms with Crippen LogP contribution in [0.1, 0.15) is 63.4 Å². The normalized spacial score (nSPS) is 12.6. The average Bonchev–Trinajstić information content (AvgIpc) is 2.48. The third-order valence-electron chi connectivity index (χ3n) is 3.58. The average molecular weight is 319 g/mol. The minimum Gasteiger partial charge on any atom is -0.444 e. The van der Waals surface area contributed by atoms with E-state index in [-0.39, 0.29) is 11.7 Å². The van der Waals surface area contributed by atoms with Crippen LogP contribution in [0.3, 0.4) is 0 Å². The van der Waals surface area contributed by atoms with Gasteiger partial charge in [0, 0.05) is 18.0 Å². The smallest absolute Gasteiger partial charge is 0.407 e. The number of nitrogens with one attached hydrogen (secondary N) is 1. The van der Waals surface area contributed by atoms with Crippen LogP contribution in [0.4, 0.5) is 4.79 Å². The van der Waals surface area contributed by atoms with Gasteiger partial charge in [-0.1, -0.05) is 32.0 Å². The van der Waals surface area contributed by atoms with E-state index in [1.807, 2.05) is 58.9 Å². The Morgan fingerprint density at radius 3 is 2.57 bits per heavy atom. The standard InChI is InChI=1S/C19H29NO3/c1-6-14(2)17(21)16-11-7-9-15(13-16)10-8-12-20-18(22)23-19(3,4)5/h7,9,11,13-14H,6,8,10,12H2,1-5H3,(H,20,22). The van der Waals surface area contributed by atoms with Crippen molar-refractivity contribution in [2.24, 2.45) is 5.92 Å². The highest BCUT2D eigenvalue weighted by molar-refractivity contribution is 5.97. The molecule has 0 saturated carbocycles. The Morgan fingerprint density at radius 2 is 1.96 bits per heavy atom. The molecule has 1 unspecified atom stereocenters. The number of rotatable bonds is 7. The SMILES string of the molecule is CCC(C)C(=O)c1cccc(CCCNC(=O)OC(C)(C)C)c1. The number of benzene rings is 1. The number of carbonyl (C=O) groups excluding carboxylic acids is 2. The molecular weight excluding hydrogens is 290 g/mol. The Balaban J connectivity index is 2.44. The maximum Gasteiger partial charge on any atom is 0.407 e. The molecule has 1 aromatic rings. The second-order valence-electron chi connectivity index (χ2n) is 6.91. The van der Waals surface area contributed by atoms with E-state index in [0.29, 0.717) is 6.54 Å². The molecule has 0 aliphatic heterocycles. The van der Waals surface area contributed by atoms with Gasteiger partial charge in [-0.25, -0.2) is 4.79 Å². The summed E-state index contributed by atoms with van der Waals surface area (Å²) in [5.74, 6) is 0.250. The summed E-state index contributed by atoms with van der Waals surface area (Å²) in [4.78, 5) is 23.7. The first kappa shape index (κ1) is 19.2. The minimum absolute atomic E-state index is 0.0547. The van der Waals surface area contributed by atoms with Gasteiger partial charge >= 0.3 is 6.09 Å². The summed E-state index contributed by atoms with van der Waals surface area (Å²) in [6, 6.07) is 7.77. The first-order chi connectivity index (χ1) is 10.7. The number of hydrogen-bond acceptors (Lipinski definition) is 3. The minimum atomic E-state index is -0.477. The summed E-state index contributed by atoms with van der Waals surface area (Å²) >= 11 is 0. The van der Waals surface area contributed by atoms with Crippen LogP contribution in [-0.2, 0) is 11.2 Å². The summed E-state index contributed by atoms with van der Waals surface area (Å²) in [5.41, 5.74) is 1.41. The Bertz CT molecular complexity index is 532. The van der Waals surface area contributed by atoms with E-state index < -0.39 is 11.7 Å². The number of Topliss-reactive ketones (excluding diaryl/α,β-unsaturated/α-hetero) is 1. The highest BCUT2D eigenvalue weighted by Gasteiger charge is 2.15. The van der Waals surface area contributed by atoms with E-state index >= 15 is 0 Å². The Kier molecular flexibility index (Phi) is 7.27. The van der Waals surface area contributed by atoms with Crippen LogP contribution >= 0.6 is 0 Å². The monoisotopic (exact) mass is 319 g/mol. The summed E-state index contributed by atoms with van der Waals surface area (Å²) in [5, 5.41) is 2.75. The lowest BCUT2D eigenvalue weighted by Crippen LogP contribution is -2.33. The van der Waals surface area contributed by atoms with Crippen molar-refractivity contribution in [2.75, 3.05) is 6.54 Å². The van der Waals surface area contributed by atoms with Crippen molar-refractivity contribution in [3.8, 4) is 0 Å². The van der Waals surface area contributed by atoms with Gasteiger partial charge in [-0.2, -0.15) is 0 Å². The van der Waals surface area contributed by atoms with Crippen molar-refractivity contribution < 1.29 is 14.3 Å². The van der Waals surface area contributed by atoms with E-state index in [2.05, 4.69) is 5.32 Å². The van der Waals surface area contributed by atoms with Crippen molar-refractivity contribution in [3.05, 3.63) is 35.4 Å². The number of alkyl carbamates (subject to hydrolysis) is 1. The molecule has 4 nitrogen and oxygen atoms in total. The fraction of sp³-hybridized carbons (Fsp3) is 0.579. The molecule has 0 radical (unpaired) electrons. The zero-order valence-electron chi connectivity index (χ0n) is 14.9.